The van der Waals surface area contributed by atoms with Crippen LogP contribution in [0.3, 0.4) is 0 Å². The number of aromatic nitrogens is 1. The van der Waals surface area contributed by atoms with E-state index in [1.807, 2.05) is 0 Å². The maximum atomic E-state index is 13.1. The molecule has 0 aliphatic heterocycles. The molecule has 0 aliphatic carbocycles. The third kappa shape index (κ3) is 1.98. The monoisotopic (exact) mass is 245 g/mol. The molecule has 2 rings (SSSR count). The second kappa shape index (κ2) is 4.21. The maximum absolute atomic E-state index is 13.1. The largest absolute Gasteiger partial charge is 0.359 e. The summed E-state index contributed by atoms with van der Waals surface area (Å²) >= 11 is 11.3. The number of nitrogens with zero attached hydrogens (tertiary/aromatic N) is 1. The van der Waals surface area contributed by atoms with E-state index >= 15 is 0 Å². The molecule has 2 aromatic rings. The Balaban J connectivity index is 2.49. The molecule has 0 N–H and O–H groups in total. The second-order valence-corrected chi connectivity index (χ2v) is 3.56. The fourth-order valence-corrected chi connectivity index (χ4v) is 1.55. The van der Waals surface area contributed by atoms with Crippen molar-refractivity contribution in [3.8, 4) is 11.3 Å². The minimum Gasteiger partial charge on any atom is -0.359 e. The minimum atomic E-state index is -0.482. The first-order valence-electron chi connectivity index (χ1n) is 4.18. The van der Waals surface area contributed by atoms with Crippen LogP contribution in [0.15, 0.2) is 28.8 Å². The van der Waals surface area contributed by atoms with Crippen LogP contribution in [0.25, 0.3) is 11.3 Å². The Hall–Kier alpha value is -1.06. The van der Waals surface area contributed by atoms with Crippen LogP contribution in [0.5, 0.6) is 0 Å². The fraction of sp³-hybridized carbons (Fsp3) is 0.100. The van der Waals surface area contributed by atoms with Crippen molar-refractivity contribution in [2.24, 2.45) is 0 Å². The molecule has 0 unspecified atom stereocenters. The molecule has 0 spiro atoms. The highest BCUT2D eigenvalue weighted by atomic mass is 35.5. The molecular formula is C10H6Cl2FNO. The topological polar surface area (TPSA) is 26.0 Å². The van der Waals surface area contributed by atoms with Crippen LogP contribution in [0.1, 0.15) is 5.76 Å². The van der Waals surface area contributed by atoms with Crippen LogP contribution in [-0.4, -0.2) is 5.16 Å². The van der Waals surface area contributed by atoms with Crippen LogP contribution in [0, 0.1) is 5.82 Å². The first-order chi connectivity index (χ1) is 7.22. The van der Waals surface area contributed by atoms with Gasteiger partial charge in [0.15, 0.2) is 5.76 Å². The van der Waals surface area contributed by atoms with E-state index in [0.717, 1.165) is 0 Å². The maximum Gasteiger partial charge on any atom is 0.152 e. The Morgan fingerprint density at radius 3 is 2.87 bits per heavy atom. The zero-order valence-electron chi connectivity index (χ0n) is 7.51. The van der Waals surface area contributed by atoms with E-state index in [2.05, 4.69) is 5.16 Å². The average molecular weight is 246 g/mol. The van der Waals surface area contributed by atoms with Crippen molar-refractivity contribution in [1.29, 1.82) is 0 Å². The summed E-state index contributed by atoms with van der Waals surface area (Å²) in [6.07, 6.45) is 0. The normalized spacial score (nSPS) is 10.6. The van der Waals surface area contributed by atoms with Crippen molar-refractivity contribution >= 4 is 23.2 Å². The lowest BCUT2D eigenvalue weighted by molar-refractivity contribution is 0.396. The molecule has 1 heterocycles. The quantitative estimate of drug-likeness (QED) is 0.751. The van der Waals surface area contributed by atoms with Gasteiger partial charge >= 0.3 is 0 Å². The fourth-order valence-electron chi connectivity index (χ4n) is 1.20. The van der Waals surface area contributed by atoms with E-state index in [0.29, 0.717) is 17.0 Å². The van der Waals surface area contributed by atoms with E-state index in [-0.39, 0.29) is 10.9 Å². The van der Waals surface area contributed by atoms with Crippen LogP contribution >= 0.6 is 23.2 Å². The number of halogens is 3. The highest BCUT2D eigenvalue weighted by Crippen LogP contribution is 2.29. The molecule has 0 bridgehead atoms. The third-order valence-corrected chi connectivity index (χ3v) is 2.57. The molecule has 1 aromatic carbocycles. The van der Waals surface area contributed by atoms with Crippen LogP contribution in [0.4, 0.5) is 4.39 Å². The van der Waals surface area contributed by atoms with Crippen molar-refractivity contribution in [2.75, 3.05) is 0 Å². The Bertz CT molecular complexity index is 484. The van der Waals surface area contributed by atoms with Gasteiger partial charge in [-0.05, 0) is 6.07 Å². The number of hydrogen-bond acceptors (Lipinski definition) is 2. The van der Waals surface area contributed by atoms with Gasteiger partial charge < -0.3 is 4.52 Å². The van der Waals surface area contributed by atoms with Gasteiger partial charge in [0.2, 0.25) is 0 Å². The lowest BCUT2D eigenvalue weighted by Crippen LogP contribution is -1.82. The summed E-state index contributed by atoms with van der Waals surface area (Å²) in [6.45, 7) is 0. The third-order valence-electron chi connectivity index (χ3n) is 1.92. The van der Waals surface area contributed by atoms with E-state index in [1.165, 1.54) is 6.07 Å². The Morgan fingerprint density at radius 2 is 2.20 bits per heavy atom. The Kier molecular flexibility index (Phi) is 2.93. The second-order valence-electron chi connectivity index (χ2n) is 2.91. The van der Waals surface area contributed by atoms with Gasteiger partial charge in [-0.3, -0.25) is 0 Å². The lowest BCUT2D eigenvalue weighted by atomic mass is 10.1. The van der Waals surface area contributed by atoms with Gasteiger partial charge in [-0.25, -0.2) is 4.39 Å². The number of rotatable bonds is 2. The van der Waals surface area contributed by atoms with Crippen molar-refractivity contribution < 1.29 is 8.91 Å². The van der Waals surface area contributed by atoms with Gasteiger partial charge in [-0.15, -0.1) is 11.6 Å². The Morgan fingerprint density at radius 1 is 1.40 bits per heavy atom. The molecule has 0 aliphatic rings. The molecule has 0 fully saturated rings. The van der Waals surface area contributed by atoms with Gasteiger partial charge in [0.05, 0.1) is 10.9 Å². The highest BCUT2D eigenvalue weighted by molar-refractivity contribution is 6.33. The molecule has 5 heteroatoms. The zero-order chi connectivity index (χ0) is 10.8. The van der Waals surface area contributed by atoms with E-state index < -0.39 is 5.82 Å². The zero-order valence-corrected chi connectivity index (χ0v) is 9.02. The summed E-state index contributed by atoms with van der Waals surface area (Å²) in [5.74, 6) is 0.261. The predicted molar refractivity (Wildman–Crippen MR) is 56.5 cm³/mol. The van der Waals surface area contributed by atoms with E-state index in [9.17, 15) is 4.39 Å². The molecule has 1 aromatic heterocycles. The molecular weight excluding hydrogens is 240 g/mol. The summed E-state index contributed by atoms with van der Waals surface area (Å²) < 4.78 is 18.0. The number of benzene rings is 1. The lowest BCUT2D eigenvalue weighted by Gasteiger charge is -1.99. The molecule has 15 heavy (non-hydrogen) atoms. The van der Waals surface area contributed by atoms with Gasteiger partial charge in [-0.2, -0.15) is 0 Å². The number of alkyl halides is 1. The SMILES string of the molecule is Fc1cccc(-c2cc(CCl)on2)c1Cl. The van der Waals surface area contributed by atoms with Gasteiger partial charge in [0, 0.05) is 11.6 Å². The van der Waals surface area contributed by atoms with E-state index in [4.69, 9.17) is 27.7 Å². The first kappa shape index (κ1) is 10.5. The Labute approximate surface area is 95.6 Å². The molecule has 78 valence electrons. The van der Waals surface area contributed by atoms with Crippen molar-refractivity contribution in [3.63, 3.8) is 0 Å². The van der Waals surface area contributed by atoms with Gasteiger partial charge in [0.1, 0.15) is 11.5 Å². The van der Waals surface area contributed by atoms with Crippen LogP contribution in [-0.2, 0) is 5.88 Å². The summed E-state index contributed by atoms with van der Waals surface area (Å²) in [4.78, 5) is 0. The molecule has 0 atom stereocenters. The van der Waals surface area contributed by atoms with Crippen LogP contribution < -0.4 is 0 Å². The standard InChI is InChI=1S/C10H6Cl2FNO/c11-5-6-4-9(14-15-6)7-2-1-3-8(13)10(7)12/h1-4H,5H2. The smallest absolute Gasteiger partial charge is 0.152 e. The summed E-state index contributed by atoms with van der Waals surface area (Å²) in [6, 6.07) is 6.15. The predicted octanol–water partition coefficient (Wildman–Crippen LogP) is 3.87. The van der Waals surface area contributed by atoms with E-state index in [1.54, 1.807) is 18.2 Å². The summed E-state index contributed by atoms with van der Waals surface area (Å²) in [5.41, 5.74) is 0.979. The molecule has 0 radical (unpaired) electrons. The average Bonchev–Trinajstić information content (AvgIpc) is 2.70. The molecule has 0 saturated heterocycles. The summed E-state index contributed by atoms with van der Waals surface area (Å²) in [5, 5.41) is 3.78. The van der Waals surface area contributed by atoms with Crippen LogP contribution in [0.2, 0.25) is 5.02 Å². The van der Waals surface area contributed by atoms with Crippen molar-refractivity contribution in [1.82, 2.24) is 5.16 Å². The van der Waals surface area contributed by atoms with Gasteiger partial charge in [-0.1, -0.05) is 28.9 Å². The number of hydrogen-bond donors (Lipinski definition) is 0. The first-order valence-corrected chi connectivity index (χ1v) is 5.09. The molecule has 0 amide bonds. The highest BCUT2D eigenvalue weighted by Gasteiger charge is 2.11. The summed E-state index contributed by atoms with van der Waals surface area (Å²) in [7, 11) is 0. The van der Waals surface area contributed by atoms with Crippen molar-refractivity contribution in [2.45, 2.75) is 5.88 Å². The minimum absolute atomic E-state index is 0.0342. The molecule has 2 nitrogen and oxygen atoms in total. The molecule has 0 saturated carbocycles. The van der Waals surface area contributed by atoms with Gasteiger partial charge in [0.25, 0.3) is 0 Å². The van der Waals surface area contributed by atoms with Crippen molar-refractivity contribution in [3.05, 3.63) is 40.9 Å².